The average molecular weight is 378 g/mol. The average Bonchev–Trinajstić information content (AvgIpc) is 2.59. The molecule has 0 fully saturated rings. The molecule has 0 radical (unpaired) electrons. The zero-order valence-corrected chi connectivity index (χ0v) is 16.1. The number of hydrogen-bond acceptors (Lipinski definition) is 6. The molecular weight excluding hydrogens is 356 g/mol. The number of aromatic nitrogens is 3. The van der Waals surface area contributed by atoms with Gasteiger partial charge in [0, 0.05) is 17.5 Å². The van der Waals surface area contributed by atoms with E-state index in [4.69, 9.17) is 10.5 Å². The Balaban J connectivity index is 2.06. The van der Waals surface area contributed by atoms with Gasteiger partial charge in [-0.1, -0.05) is 26.0 Å². The van der Waals surface area contributed by atoms with Crippen molar-refractivity contribution in [3.63, 3.8) is 0 Å². The molecule has 1 aliphatic carbocycles. The molecule has 0 bridgehead atoms. The van der Waals surface area contributed by atoms with Gasteiger partial charge in [0.1, 0.15) is 5.75 Å². The molecule has 1 aromatic carbocycles. The zero-order valence-electron chi connectivity index (χ0n) is 16.1. The third kappa shape index (κ3) is 3.02. The summed E-state index contributed by atoms with van der Waals surface area (Å²) in [5.41, 5.74) is 7.87. The Kier molecular flexibility index (Phi) is 4.18. The van der Waals surface area contributed by atoms with Gasteiger partial charge in [0.2, 0.25) is 5.95 Å². The lowest BCUT2D eigenvalue weighted by Crippen LogP contribution is -2.29. The minimum Gasteiger partial charge on any atom is -0.494 e. The topological polar surface area (TPSA) is 111 Å². The summed E-state index contributed by atoms with van der Waals surface area (Å²) in [7, 11) is 0. The van der Waals surface area contributed by atoms with Crippen LogP contribution in [0, 0.1) is 5.41 Å². The van der Waals surface area contributed by atoms with Crippen molar-refractivity contribution in [3.8, 4) is 16.9 Å². The Bertz CT molecular complexity index is 1150. The van der Waals surface area contributed by atoms with Crippen LogP contribution in [0.3, 0.4) is 0 Å². The fourth-order valence-electron chi connectivity index (χ4n) is 3.88. The summed E-state index contributed by atoms with van der Waals surface area (Å²) in [6.07, 6.45) is 1.03. The second-order valence-electron chi connectivity index (χ2n) is 7.86. The first-order chi connectivity index (χ1) is 13.3. The maximum Gasteiger partial charge on any atom is 0.262 e. The number of fused-ring (bicyclic) bond motifs is 2. The number of nitrogens with one attached hydrogen (secondary N) is 1. The number of ether oxygens (including phenoxy) is 1. The third-order valence-electron chi connectivity index (χ3n) is 4.97. The monoisotopic (exact) mass is 378 g/mol. The standard InChI is InChI=1S/C21H22N4O3/c1-4-28-12-7-5-11(6-8-12)15-16-13(9-21(2,3)10-14(16)26)23-18-17(15)19(27)25-20(22)24-18/h5-8H,4,9-10H2,1-3H3,(H3,22,23,24,25,27). The number of anilines is 1. The predicted molar refractivity (Wildman–Crippen MR) is 108 cm³/mol. The number of ketones is 1. The lowest BCUT2D eigenvalue weighted by molar-refractivity contribution is 0.0911. The quantitative estimate of drug-likeness (QED) is 0.724. The fraction of sp³-hybridized carbons (Fsp3) is 0.333. The maximum absolute atomic E-state index is 13.1. The van der Waals surface area contributed by atoms with Crippen molar-refractivity contribution in [2.45, 2.75) is 33.6 Å². The molecule has 144 valence electrons. The number of carbonyl (C=O) groups is 1. The van der Waals surface area contributed by atoms with Crippen LogP contribution in [0.5, 0.6) is 5.75 Å². The van der Waals surface area contributed by atoms with Gasteiger partial charge in [0.15, 0.2) is 11.4 Å². The van der Waals surface area contributed by atoms with Crippen molar-refractivity contribution < 1.29 is 9.53 Å². The molecule has 3 N–H and O–H groups in total. The number of benzene rings is 1. The first kappa shape index (κ1) is 18.2. The van der Waals surface area contributed by atoms with Gasteiger partial charge in [-0.05, 0) is 36.5 Å². The molecule has 1 aliphatic rings. The smallest absolute Gasteiger partial charge is 0.262 e. The summed E-state index contributed by atoms with van der Waals surface area (Å²) in [4.78, 5) is 37.1. The van der Waals surface area contributed by atoms with E-state index in [9.17, 15) is 9.59 Å². The SMILES string of the molecule is CCOc1ccc(-c2c3c(nc4nc(N)[nH]c(=O)c24)CC(C)(C)CC3=O)cc1. The van der Waals surface area contributed by atoms with Crippen LogP contribution < -0.4 is 16.0 Å². The van der Waals surface area contributed by atoms with E-state index < -0.39 is 5.56 Å². The molecular formula is C21H22N4O3. The molecule has 0 atom stereocenters. The number of carbonyl (C=O) groups excluding carboxylic acids is 1. The molecule has 3 aromatic rings. The van der Waals surface area contributed by atoms with Gasteiger partial charge in [-0.2, -0.15) is 4.98 Å². The number of rotatable bonds is 3. The molecule has 7 nitrogen and oxygen atoms in total. The van der Waals surface area contributed by atoms with Crippen molar-refractivity contribution >= 4 is 22.8 Å². The second-order valence-corrected chi connectivity index (χ2v) is 7.86. The van der Waals surface area contributed by atoms with E-state index in [1.54, 1.807) is 0 Å². The predicted octanol–water partition coefficient (Wildman–Crippen LogP) is 3.12. The van der Waals surface area contributed by atoms with Crippen LogP contribution in [0.15, 0.2) is 29.1 Å². The van der Waals surface area contributed by atoms with E-state index in [1.165, 1.54) is 0 Å². The van der Waals surface area contributed by atoms with E-state index in [2.05, 4.69) is 15.0 Å². The Morgan fingerprint density at radius 3 is 2.50 bits per heavy atom. The molecule has 0 amide bonds. The summed E-state index contributed by atoms with van der Waals surface area (Å²) in [5, 5.41) is 0.283. The first-order valence-corrected chi connectivity index (χ1v) is 9.28. The first-order valence-electron chi connectivity index (χ1n) is 9.28. The van der Waals surface area contributed by atoms with E-state index >= 15 is 0 Å². The Morgan fingerprint density at radius 1 is 1.11 bits per heavy atom. The Morgan fingerprint density at radius 2 is 1.82 bits per heavy atom. The van der Waals surface area contributed by atoms with Gasteiger partial charge < -0.3 is 10.5 Å². The van der Waals surface area contributed by atoms with Crippen molar-refractivity contribution in [1.82, 2.24) is 15.0 Å². The van der Waals surface area contributed by atoms with Crippen LogP contribution in [0.4, 0.5) is 5.95 Å². The van der Waals surface area contributed by atoms with Crippen LogP contribution in [-0.4, -0.2) is 27.3 Å². The zero-order chi connectivity index (χ0) is 20.1. The van der Waals surface area contributed by atoms with Gasteiger partial charge >= 0.3 is 0 Å². The fourth-order valence-corrected chi connectivity index (χ4v) is 3.88. The van der Waals surface area contributed by atoms with Crippen LogP contribution in [0.2, 0.25) is 0 Å². The maximum atomic E-state index is 13.1. The Hall–Kier alpha value is -3.22. The minimum atomic E-state index is -0.403. The lowest BCUT2D eigenvalue weighted by atomic mass is 9.73. The van der Waals surface area contributed by atoms with Gasteiger partial charge in [-0.15, -0.1) is 0 Å². The minimum absolute atomic E-state index is 0.00369. The summed E-state index contributed by atoms with van der Waals surface area (Å²) in [5.74, 6) is 0.715. The normalized spacial score (nSPS) is 15.5. The lowest BCUT2D eigenvalue weighted by Gasteiger charge is -2.31. The second kappa shape index (κ2) is 6.44. The molecule has 28 heavy (non-hydrogen) atoms. The number of nitrogen functional groups attached to an aromatic ring is 1. The number of pyridine rings is 1. The number of Topliss-reactive ketones (excluding diaryl/α,β-unsaturated/α-hetero) is 1. The van der Waals surface area contributed by atoms with E-state index in [1.807, 2.05) is 45.0 Å². The molecule has 0 aliphatic heterocycles. The molecule has 0 unspecified atom stereocenters. The molecule has 4 rings (SSSR count). The highest BCUT2D eigenvalue weighted by Gasteiger charge is 2.35. The molecule has 2 aromatic heterocycles. The van der Waals surface area contributed by atoms with Crippen molar-refractivity contribution in [3.05, 3.63) is 45.9 Å². The molecule has 0 saturated heterocycles. The number of nitrogens with two attached hydrogens (primary N) is 1. The van der Waals surface area contributed by atoms with Crippen molar-refractivity contribution in [2.24, 2.45) is 5.41 Å². The molecule has 7 heteroatoms. The highest BCUT2D eigenvalue weighted by atomic mass is 16.5. The van der Waals surface area contributed by atoms with Crippen molar-refractivity contribution in [1.29, 1.82) is 0 Å². The summed E-state index contributed by atoms with van der Waals surface area (Å²) in [6.45, 7) is 6.55. The summed E-state index contributed by atoms with van der Waals surface area (Å²) < 4.78 is 5.51. The van der Waals surface area contributed by atoms with Crippen LogP contribution >= 0.6 is 0 Å². The highest BCUT2D eigenvalue weighted by Crippen LogP contribution is 2.40. The largest absolute Gasteiger partial charge is 0.494 e. The van der Waals surface area contributed by atoms with Crippen LogP contribution in [-0.2, 0) is 6.42 Å². The summed E-state index contributed by atoms with van der Waals surface area (Å²) >= 11 is 0. The third-order valence-corrected chi connectivity index (χ3v) is 4.97. The number of hydrogen-bond donors (Lipinski definition) is 2. The van der Waals surface area contributed by atoms with E-state index in [0.29, 0.717) is 36.3 Å². The van der Waals surface area contributed by atoms with Gasteiger partial charge in [0.25, 0.3) is 5.56 Å². The van der Waals surface area contributed by atoms with E-state index in [-0.39, 0.29) is 28.2 Å². The number of H-pyrrole nitrogens is 1. The van der Waals surface area contributed by atoms with Crippen LogP contribution in [0.25, 0.3) is 22.2 Å². The highest BCUT2D eigenvalue weighted by molar-refractivity contribution is 6.10. The van der Waals surface area contributed by atoms with Gasteiger partial charge in [-0.3, -0.25) is 14.6 Å². The number of aromatic amines is 1. The van der Waals surface area contributed by atoms with Gasteiger partial charge in [-0.25, -0.2) is 4.98 Å². The van der Waals surface area contributed by atoms with Gasteiger partial charge in [0.05, 0.1) is 17.7 Å². The molecule has 0 spiro atoms. The number of nitrogens with zero attached hydrogens (tertiary/aromatic N) is 2. The summed E-state index contributed by atoms with van der Waals surface area (Å²) in [6, 6.07) is 7.35. The van der Waals surface area contributed by atoms with Crippen LogP contribution in [0.1, 0.15) is 43.2 Å². The van der Waals surface area contributed by atoms with Crippen molar-refractivity contribution in [2.75, 3.05) is 12.3 Å². The molecule has 2 heterocycles. The van der Waals surface area contributed by atoms with E-state index in [0.717, 1.165) is 11.3 Å². The molecule has 0 saturated carbocycles. The Labute approximate surface area is 162 Å².